The summed E-state index contributed by atoms with van der Waals surface area (Å²) in [7, 11) is 0. The van der Waals surface area contributed by atoms with Crippen LogP contribution in [0.15, 0.2) is 23.1 Å². The van der Waals surface area contributed by atoms with E-state index < -0.39 is 0 Å². The van der Waals surface area contributed by atoms with Gasteiger partial charge in [-0.25, -0.2) is 4.98 Å². The molecule has 0 amide bonds. The molecular weight excluding hydrogens is 230 g/mol. The number of hydrogen-bond acceptors (Lipinski definition) is 5. The van der Waals surface area contributed by atoms with E-state index in [-0.39, 0.29) is 6.04 Å². The molecule has 0 aliphatic rings. The summed E-state index contributed by atoms with van der Waals surface area (Å²) in [5.74, 6) is 7.41. The summed E-state index contributed by atoms with van der Waals surface area (Å²) in [6.45, 7) is 4.90. The highest BCUT2D eigenvalue weighted by molar-refractivity contribution is 5.17. The Labute approximate surface area is 106 Å². The lowest BCUT2D eigenvalue weighted by Crippen LogP contribution is -2.30. The lowest BCUT2D eigenvalue weighted by molar-refractivity contribution is 0.487. The lowest BCUT2D eigenvalue weighted by Gasteiger charge is -2.13. The Morgan fingerprint density at radius 3 is 3.00 bits per heavy atom. The van der Waals surface area contributed by atoms with E-state index in [1.165, 1.54) is 0 Å². The Morgan fingerprint density at radius 1 is 1.56 bits per heavy atom. The van der Waals surface area contributed by atoms with E-state index in [4.69, 9.17) is 10.3 Å². The van der Waals surface area contributed by atoms with Crippen LogP contribution in [0.5, 0.6) is 0 Å². The van der Waals surface area contributed by atoms with E-state index in [1.807, 2.05) is 17.7 Å². The zero-order valence-electron chi connectivity index (χ0n) is 10.8. The van der Waals surface area contributed by atoms with Crippen molar-refractivity contribution in [2.45, 2.75) is 39.3 Å². The largest absolute Gasteiger partial charge is 0.469 e. The van der Waals surface area contributed by atoms with Gasteiger partial charge >= 0.3 is 0 Å². The monoisotopic (exact) mass is 249 g/mol. The number of furan rings is 1. The Balaban J connectivity index is 2.12. The molecule has 98 valence electrons. The van der Waals surface area contributed by atoms with Crippen LogP contribution in [-0.2, 0) is 13.0 Å². The first kappa shape index (κ1) is 12.8. The van der Waals surface area contributed by atoms with Crippen molar-refractivity contribution in [1.82, 2.24) is 20.2 Å². The zero-order valence-corrected chi connectivity index (χ0v) is 10.8. The highest BCUT2D eigenvalue weighted by Crippen LogP contribution is 2.19. The molecule has 1 atom stereocenters. The van der Waals surface area contributed by atoms with E-state index in [0.717, 1.165) is 30.1 Å². The topological polar surface area (TPSA) is 81.9 Å². The minimum atomic E-state index is -0.0118. The molecule has 2 heterocycles. The molecule has 2 rings (SSSR count). The van der Waals surface area contributed by atoms with Crippen molar-refractivity contribution in [3.63, 3.8) is 0 Å². The van der Waals surface area contributed by atoms with Crippen LogP contribution < -0.4 is 11.3 Å². The van der Waals surface area contributed by atoms with Crippen LogP contribution in [0.4, 0.5) is 0 Å². The van der Waals surface area contributed by atoms with Gasteiger partial charge < -0.3 is 4.42 Å². The van der Waals surface area contributed by atoms with Crippen molar-refractivity contribution in [1.29, 1.82) is 0 Å². The van der Waals surface area contributed by atoms with Gasteiger partial charge in [-0.15, -0.1) is 0 Å². The first-order chi connectivity index (χ1) is 8.74. The molecule has 3 N–H and O–H groups in total. The average Bonchev–Trinajstić information content (AvgIpc) is 2.96. The van der Waals surface area contributed by atoms with Crippen LogP contribution in [-0.4, -0.2) is 14.8 Å². The maximum atomic E-state index is 5.61. The number of nitrogens with two attached hydrogens (primary N) is 1. The summed E-state index contributed by atoms with van der Waals surface area (Å²) in [5, 5.41) is 4.21. The fourth-order valence-corrected chi connectivity index (χ4v) is 1.95. The highest BCUT2D eigenvalue weighted by atomic mass is 16.3. The van der Waals surface area contributed by atoms with Crippen molar-refractivity contribution in [3.8, 4) is 0 Å². The third-order valence-corrected chi connectivity index (χ3v) is 2.87. The number of aromatic nitrogens is 3. The molecule has 0 saturated heterocycles. The molecule has 0 bridgehead atoms. The second-order valence-electron chi connectivity index (χ2n) is 4.31. The van der Waals surface area contributed by atoms with Crippen LogP contribution in [0.3, 0.4) is 0 Å². The number of nitrogens with zero attached hydrogens (tertiary/aromatic N) is 3. The normalized spacial score (nSPS) is 12.8. The van der Waals surface area contributed by atoms with Gasteiger partial charge in [0, 0.05) is 18.5 Å². The van der Waals surface area contributed by atoms with Crippen LogP contribution in [0, 0.1) is 6.92 Å². The van der Waals surface area contributed by atoms with Crippen LogP contribution in [0.2, 0.25) is 0 Å². The molecule has 2 aromatic rings. The van der Waals surface area contributed by atoms with E-state index in [9.17, 15) is 0 Å². The average molecular weight is 249 g/mol. The fourth-order valence-electron chi connectivity index (χ4n) is 1.95. The quantitative estimate of drug-likeness (QED) is 0.596. The third kappa shape index (κ3) is 2.77. The molecule has 1 unspecified atom stereocenters. The summed E-state index contributed by atoms with van der Waals surface area (Å²) in [6, 6.07) is 1.97. The second kappa shape index (κ2) is 5.79. The van der Waals surface area contributed by atoms with E-state index >= 15 is 0 Å². The van der Waals surface area contributed by atoms with Gasteiger partial charge in [0.15, 0.2) is 0 Å². The van der Waals surface area contributed by atoms with Gasteiger partial charge in [0.1, 0.15) is 17.9 Å². The molecule has 0 aromatic carbocycles. The van der Waals surface area contributed by atoms with Gasteiger partial charge in [-0.1, -0.05) is 6.92 Å². The van der Waals surface area contributed by atoms with Gasteiger partial charge in [0.2, 0.25) is 0 Å². The molecule has 0 fully saturated rings. The SMILES string of the molecule is CCCn1ncnc1CC(NN)c1coc(C)c1. The molecule has 2 aromatic heterocycles. The summed E-state index contributed by atoms with van der Waals surface area (Å²) in [4.78, 5) is 4.28. The summed E-state index contributed by atoms with van der Waals surface area (Å²) >= 11 is 0. The zero-order chi connectivity index (χ0) is 13.0. The molecule has 0 saturated carbocycles. The van der Waals surface area contributed by atoms with Gasteiger partial charge in [-0.2, -0.15) is 5.10 Å². The van der Waals surface area contributed by atoms with Crippen molar-refractivity contribution >= 4 is 0 Å². The standard InChI is InChI=1S/C12H19N5O/c1-3-4-17-12(14-8-15-17)6-11(16-13)10-5-9(2)18-7-10/h5,7-8,11,16H,3-4,6,13H2,1-2H3. The molecule has 6 nitrogen and oxygen atoms in total. The Bertz CT molecular complexity index is 490. The molecule has 18 heavy (non-hydrogen) atoms. The van der Waals surface area contributed by atoms with Crippen LogP contribution >= 0.6 is 0 Å². The Kier molecular flexibility index (Phi) is 4.11. The summed E-state index contributed by atoms with van der Waals surface area (Å²) < 4.78 is 7.22. The number of nitrogens with one attached hydrogen (secondary N) is 1. The van der Waals surface area contributed by atoms with Gasteiger partial charge in [0.05, 0.1) is 12.3 Å². The van der Waals surface area contributed by atoms with Gasteiger partial charge in [-0.05, 0) is 19.4 Å². The predicted molar refractivity (Wildman–Crippen MR) is 67.5 cm³/mol. The van der Waals surface area contributed by atoms with Gasteiger partial charge in [-0.3, -0.25) is 16.0 Å². The molecule has 0 aliphatic heterocycles. The van der Waals surface area contributed by atoms with Crippen molar-refractivity contribution in [2.75, 3.05) is 0 Å². The summed E-state index contributed by atoms with van der Waals surface area (Å²) in [5.41, 5.74) is 3.83. The van der Waals surface area contributed by atoms with E-state index in [1.54, 1.807) is 12.6 Å². The third-order valence-electron chi connectivity index (χ3n) is 2.87. The molecule has 0 radical (unpaired) electrons. The number of hydrogen-bond donors (Lipinski definition) is 2. The first-order valence-electron chi connectivity index (χ1n) is 6.12. The lowest BCUT2D eigenvalue weighted by atomic mass is 10.1. The smallest absolute Gasteiger partial charge is 0.138 e. The van der Waals surface area contributed by atoms with E-state index in [2.05, 4.69) is 22.4 Å². The first-order valence-corrected chi connectivity index (χ1v) is 6.12. The van der Waals surface area contributed by atoms with Gasteiger partial charge in [0.25, 0.3) is 0 Å². The molecule has 6 heteroatoms. The minimum Gasteiger partial charge on any atom is -0.469 e. The Morgan fingerprint density at radius 2 is 2.39 bits per heavy atom. The minimum absolute atomic E-state index is 0.0118. The maximum Gasteiger partial charge on any atom is 0.138 e. The molecular formula is C12H19N5O. The predicted octanol–water partition coefficient (Wildman–Crippen LogP) is 1.34. The number of hydrazine groups is 1. The van der Waals surface area contributed by atoms with E-state index in [0.29, 0.717) is 6.42 Å². The van der Waals surface area contributed by atoms with Crippen LogP contribution in [0.1, 0.15) is 36.5 Å². The number of aryl methyl sites for hydroxylation is 2. The highest BCUT2D eigenvalue weighted by Gasteiger charge is 2.16. The van der Waals surface area contributed by atoms with Crippen molar-refractivity contribution in [2.24, 2.45) is 5.84 Å². The Hall–Kier alpha value is -1.66. The maximum absolute atomic E-state index is 5.61. The molecule has 0 spiro atoms. The van der Waals surface area contributed by atoms with Crippen molar-refractivity contribution < 1.29 is 4.42 Å². The fraction of sp³-hybridized carbons (Fsp3) is 0.500. The second-order valence-corrected chi connectivity index (χ2v) is 4.31. The van der Waals surface area contributed by atoms with Crippen molar-refractivity contribution in [3.05, 3.63) is 35.8 Å². The number of rotatable bonds is 6. The molecule has 0 aliphatic carbocycles. The van der Waals surface area contributed by atoms with Crippen LogP contribution in [0.25, 0.3) is 0 Å². The summed E-state index contributed by atoms with van der Waals surface area (Å²) in [6.07, 6.45) is 5.02.